The minimum atomic E-state index is 0.304. The summed E-state index contributed by atoms with van der Waals surface area (Å²) >= 11 is 1.53. The van der Waals surface area contributed by atoms with Crippen LogP contribution in [0.5, 0.6) is 5.75 Å². The first-order chi connectivity index (χ1) is 7.79. The third-order valence-electron chi connectivity index (χ3n) is 2.71. The number of hydrogen-bond acceptors (Lipinski definition) is 4. The molecule has 0 unspecified atom stereocenters. The van der Waals surface area contributed by atoms with E-state index in [2.05, 4.69) is 11.4 Å². The molecule has 1 aliphatic heterocycles. The lowest BCUT2D eigenvalue weighted by atomic mass is 9.98. The zero-order chi connectivity index (χ0) is 11.1. The second-order valence-electron chi connectivity index (χ2n) is 3.64. The molecule has 2 heterocycles. The number of benzene rings is 1. The fourth-order valence-electron chi connectivity index (χ4n) is 1.96. The van der Waals surface area contributed by atoms with E-state index in [0.717, 1.165) is 28.2 Å². The van der Waals surface area contributed by atoms with E-state index in [4.69, 9.17) is 5.26 Å². The Labute approximate surface area is 96.6 Å². The van der Waals surface area contributed by atoms with E-state index in [9.17, 15) is 5.11 Å². The molecule has 78 valence electrons. The average Bonchev–Trinajstić information content (AvgIpc) is 2.71. The summed E-state index contributed by atoms with van der Waals surface area (Å²) in [5.74, 6) is 0.304. The van der Waals surface area contributed by atoms with Crippen molar-refractivity contribution in [3.05, 3.63) is 34.0 Å². The molecule has 1 aliphatic rings. The van der Waals surface area contributed by atoms with Crippen LogP contribution >= 0.6 is 11.3 Å². The van der Waals surface area contributed by atoms with E-state index in [1.807, 2.05) is 12.1 Å². The van der Waals surface area contributed by atoms with Crippen molar-refractivity contribution in [2.75, 3.05) is 5.32 Å². The van der Waals surface area contributed by atoms with Gasteiger partial charge in [0.25, 0.3) is 0 Å². The van der Waals surface area contributed by atoms with Gasteiger partial charge in [-0.05, 0) is 18.2 Å². The predicted octanol–water partition coefficient (Wildman–Crippen LogP) is 2.92. The highest BCUT2D eigenvalue weighted by molar-refractivity contribution is 7.10. The zero-order valence-electron chi connectivity index (χ0n) is 8.32. The summed E-state index contributed by atoms with van der Waals surface area (Å²) in [7, 11) is 0. The molecule has 0 amide bonds. The van der Waals surface area contributed by atoms with Gasteiger partial charge in [-0.2, -0.15) is 5.26 Å². The Morgan fingerprint density at radius 2 is 2.31 bits per heavy atom. The van der Waals surface area contributed by atoms with Crippen LogP contribution in [-0.4, -0.2) is 5.11 Å². The number of nitrogens with one attached hydrogen (secondary N) is 1. The van der Waals surface area contributed by atoms with Gasteiger partial charge in [-0.25, -0.2) is 0 Å². The fourth-order valence-corrected chi connectivity index (χ4v) is 2.82. The van der Waals surface area contributed by atoms with E-state index < -0.39 is 0 Å². The summed E-state index contributed by atoms with van der Waals surface area (Å²) < 4.78 is 0. The number of nitrogens with zero attached hydrogens (tertiary/aromatic N) is 1. The van der Waals surface area contributed by atoms with Gasteiger partial charge in [0.15, 0.2) is 0 Å². The fraction of sp³-hybridized carbons (Fsp3) is 0.0833. The lowest BCUT2D eigenvalue weighted by Crippen LogP contribution is -2.06. The maximum Gasteiger partial charge on any atom is 0.134 e. The van der Waals surface area contributed by atoms with Gasteiger partial charge in [0.1, 0.15) is 5.75 Å². The molecule has 3 nitrogen and oxygen atoms in total. The average molecular weight is 228 g/mol. The van der Waals surface area contributed by atoms with Gasteiger partial charge >= 0.3 is 0 Å². The third-order valence-corrected chi connectivity index (χ3v) is 3.68. The van der Waals surface area contributed by atoms with Crippen molar-refractivity contribution in [1.82, 2.24) is 0 Å². The first-order valence-corrected chi connectivity index (χ1v) is 5.75. The van der Waals surface area contributed by atoms with Crippen molar-refractivity contribution in [1.29, 1.82) is 5.26 Å². The van der Waals surface area contributed by atoms with Crippen molar-refractivity contribution in [2.24, 2.45) is 0 Å². The van der Waals surface area contributed by atoms with E-state index in [1.165, 1.54) is 11.3 Å². The predicted molar refractivity (Wildman–Crippen MR) is 63.5 cm³/mol. The summed E-state index contributed by atoms with van der Waals surface area (Å²) in [5, 5.41) is 23.7. The molecule has 3 rings (SSSR count). The Balaban J connectivity index is 2.30. The Morgan fingerprint density at radius 1 is 1.44 bits per heavy atom. The Morgan fingerprint density at radius 3 is 3.12 bits per heavy atom. The topological polar surface area (TPSA) is 56.0 Å². The van der Waals surface area contributed by atoms with Gasteiger partial charge in [0, 0.05) is 27.1 Å². The van der Waals surface area contributed by atoms with Crippen LogP contribution < -0.4 is 5.32 Å². The van der Waals surface area contributed by atoms with E-state index >= 15 is 0 Å². The minimum absolute atomic E-state index is 0.304. The molecule has 4 heteroatoms. The maximum atomic E-state index is 9.81. The molecule has 0 aliphatic carbocycles. The largest absolute Gasteiger partial charge is 0.506 e. The third kappa shape index (κ3) is 1.19. The maximum absolute atomic E-state index is 9.81. The second kappa shape index (κ2) is 3.26. The highest BCUT2D eigenvalue weighted by Gasteiger charge is 2.20. The van der Waals surface area contributed by atoms with E-state index in [-0.39, 0.29) is 0 Å². The zero-order valence-corrected chi connectivity index (χ0v) is 9.14. The van der Waals surface area contributed by atoms with Crippen LogP contribution in [0.25, 0.3) is 11.1 Å². The van der Waals surface area contributed by atoms with Crippen LogP contribution in [-0.2, 0) is 6.54 Å². The standard InChI is InChI=1S/C12H8N2OS/c13-4-7-1-2-9-8(3-7)12-10(15)6-16-11(12)5-14-9/h1-3,6,14-15H,5H2. The van der Waals surface area contributed by atoms with E-state index in [0.29, 0.717) is 11.3 Å². The van der Waals surface area contributed by atoms with Crippen LogP contribution in [0.4, 0.5) is 5.69 Å². The summed E-state index contributed by atoms with van der Waals surface area (Å²) in [6, 6.07) is 7.59. The quantitative estimate of drug-likeness (QED) is 0.729. The van der Waals surface area contributed by atoms with Gasteiger partial charge in [0.2, 0.25) is 0 Å². The molecule has 0 radical (unpaired) electrons. The lowest BCUT2D eigenvalue weighted by Gasteiger charge is -2.18. The highest BCUT2D eigenvalue weighted by Crippen LogP contribution is 2.44. The van der Waals surface area contributed by atoms with Crippen molar-refractivity contribution >= 4 is 17.0 Å². The Kier molecular flexibility index (Phi) is 1.88. The summed E-state index contributed by atoms with van der Waals surface area (Å²) in [4.78, 5) is 1.11. The molecule has 0 bridgehead atoms. The lowest BCUT2D eigenvalue weighted by molar-refractivity contribution is 0.479. The number of thiophene rings is 1. The van der Waals surface area contributed by atoms with Crippen molar-refractivity contribution in [2.45, 2.75) is 6.54 Å². The molecule has 0 fully saturated rings. The van der Waals surface area contributed by atoms with Crippen LogP contribution in [0.15, 0.2) is 23.6 Å². The van der Waals surface area contributed by atoms with Crippen LogP contribution in [0.1, 0.15) is 10.4 Å². The molecule has 0 spiro atoms. The molecule has 16 heavy (non-hydrogen) atoms. The monoisotopic (exact) mass is 228 g/mol. The minimum Gasteiger partial charge on any atom is -0.506 e. The number of nitriles is 1. The first-order valence-electron chi connectivity index (χ1n) is 4.87. The molecule has 2 N–H and O–H groups in total. The van der Waals surface area contributed by atoms with Crippen molar-refractivity contribution in [3.8, 4) is 22.9 Å². The SMILES string of the molecule is N#Cc1ccc2c(c1)-c1c(O)csc1CN2. The number of fused-ring (bicyclic) bond motifs is 3. The Bertz CT molecular complexity index is 610. The van der Waals surface area contributed by atoms with Crippen LogP contribution in [0.3, 0.4) is 0 Å². The van der Waals surface area contributed by atoms with Crippen molar-refractivity contribution < 1.29 is 5.11 Å². The van der Waals surface area contributed by atoms with Gasteiger partial charge in [-0.15, -0.1) is 11.3 Å². The van der Waals surface area contributed by atoms with Gasteiger partial charge < -0.3 is 10.4 Å². The Hall–Kier alpha value is -1.99. The number of aromatic hydroxyl groups is 1. The normalized spacial score (nSPS) is 12.2. The van der Waals surface area contributed by atoms with Gasteiger partial charge in [-0.3, -0.25) is 0 Å². The molecule has 0 saturated heterocycles. The molecule has 2 aromatic rings. The number of hydrogen-bond donors (Lipinski definition) is 2. The first kappa shape index (κ1) is 9.25. The van der Waals surface area contributed by atoms with E-state index in [1.54, 1.807) is 11.4 Å². The highest BCUT2D eigenvalue weighted by atomic mass is 32.1. The molecule has 1 aromatic carbocycles. The molecule has 0 saturated carbocycles. The summed E-state index contributed by atoms with van der Waals surface area (Å²) in [6.07, 6.45) is 0. The second-order valence-corrected chi connectivity index (χ2v) is 4.61. The van der Waals surface area contributed by atoms with Crippen LogP contribution in [0.2, 0.25) is 0 Å². The van der Waals surface area contributed by atoms with Crippen LogP contribution in [0, 0.1) is 11.3 Å². The van der Waals surface area contributed by atoms with Gasteiger partial charge in [0.05, 0.1) is 18.2 Å². The van der Waals surface area contributed by atoms with Crippen molar-refractivity contribution in [3.63, 3.8) is 0 Å². The molecule has 1 aromatic heterocycles. The summed E-state index contributed by atoms with van der Waals surface area (Å²) in [6.45, 7) is 0.736. The smallest absolute Gasteiger partial charge is 0.134 e. The van der Waals surface area contributed by atoms with Gasteiger partial charge in [-0.1, -0.05) is 0 Å². The number of anilines is 1. The number of rotatable bonds is 0. The summed E-state index contributed by atoms with van der Waals surface area (Å²) in [5.41, 5.74) is 3.37. The molecular formula is C12H8N2OS. The molecule has 0 atom stereocenters. The molecular weight excluding hydrogens is 220 g/mol.